The third-order valence-corrected chi connectivity index (χ3v) is 3.72. The first-order valence-corrected chi connectivity index (χ1v) is 7.97. The summed E-state index contributed by atoms with van der Waals surface area (Å²) in [5.41, 5.74) is 0. The van der Waals surface area contributed by atoms with Crippen molar-refractivity contribution in [3.8, 4) is 11.5 Å². The Morgan fingerprint density at radius 1 is 1.10 bits per heavy atom. The van der Waals surface area contributed by atoms with Gasteiger partial charge in [-0.05, 0) is 32.0 Å². The third-order valence-electron chi connectivity index (χ3n) is 3.72. The van der Waals surface area contributed by atoms with Crippen LogP contribution < -0.4 is 14.8 Å². The second-order valence-corrected chi connectivity index (χ2v) is 5.42. The van der Waals surface area contributed by atoms with Gasteiger partial charge in [0.25, 0.3) is 0 Å². The van der Waals surface area contributed by atoms with Gasteiger partial charge in [0, 0.05) is 19.1 Å². The van der Waals surface area contributed by atoms with Gasteiger partial charge < -0.3 is 19.5 Å². The van der Waals surface area contributed by atoms with Gasteiger partial charge in [0.1, 0.15) is 12.2 Å². The Kier molecular flexibility index (Phi) is 6.33. The van der Waals surface area contributed by atoms with E-state index in [9.17, 15) is 0 Å². The smallest absolute Gasteiger partial charge is 0.161 e. The van der Waals surface area contributed by atoms with Gasteiger partial charge in [0.05, 0.1) is 6.61 Å². The largest absolute Gasteiger partial charge is 0.490 e. The Bertz CT molecular complexity index is 424. The van der Waals surface area contributed by atoms with E-state index < -0.39 is 0 Å². The van der Waals surface area contributed by atoms with Crippen LogP contribution in [0.25, 0.3) is 0 Å². The van der Waals surface area contributed by atoms with Crippen molar-refractivity contribution in [2.24, 2.45) is 0 Å². The molecule has 0 amide bonds. The van der Waals surface area contributed by atoms with Crippen molar-refractivity contribution in [3.63, 3.8) is 0 Å². The lowest BCUT2D eigenvalue weighted by molar-refractivity contribution is -0.106. The SMILES string of the molecule is CCCOc1ccccc1OC1CC(NC)C1OCCC. The summed E-state index contributed by atoms with van der Waals surface area (Å²) in [6, 6.07) is 8.25. The van der Waals surface area contributed by atoms with Crippen LogP contribution >= 0.6 is 0 Å². The fraction of sp³-hybridized carbons (Fsp3) is 0.647. The number of nitrogens with one attached hydrogen (secondary N) is 1. The van der Waals surface area contributed by atoms with Gasteiger partial charge in [-0.2, -0.15) is 0 Å². The predicted molar refractivity (Wildman–Crippen MR) is 84.1 cm³/mol. The van der Waals surface area contributed by atoms with Crippen molar-refractivity contribution in [2.45, 2.75) is 51.4 Å². The van der Waals surface area contributed by atoms with Crippen LogP contribution in [-0.2, 0) is 4.74 Å². The Morgan fingerprint density at radius 3 is 2.48 bits per heavy atom. The van der Waals surface area contributed by atoms with Crippen LogP contribution in [0.1, 0.15) is 33.1 Å². The third kappa shape index (κ3) is 4.11. The van der Waals surface area contributed by atoms with Gasteiger partial charge in [-0.1, -0.05) is 26.0 Å². The van der Waals surface area contributed by atoms with E-state index in [2.05, 4.69) is 19.2 Å². The zero-order valence-electron chi connectivity index (χ0n) is 13.3. The quantitative estimate of drug-likeness (QED) is 0.760. The molecule has 0 bridgehead atoms. The zero-order valence-corrected chi connectivity index (χ0v) is 13.3. The van der Waals surface area contributed by atoms with Crippen LogP contribution in [0.3, 0.4) is 0 Å². The lowest BCUT2D eigenvalue weighted by Crippen LogP contribution is -2.60. The van der Waals surface area contributed by atoms with Crippen molar-refractivity contribution in [3.05, 3.63) is 24.3 Å². The number of hydrogen-bond acceptors (Lipinski definition) is 4. The fourth-order valence-corrected chi connectivity index (χ4v) is 2.50. The highest BCUT2D eigenvalue weighted by Gasteiger charge is 2.43. The standard InChI is InChI=1S/C17H27NO3/c1-4-10-19-14-8-6-7-9-15(14)21-16-12-13(18-3)17(16)20-11-5-2/h6-9,13,16-18H,4-5,10-12H2,1-3H3. The van der Waals surface area contributed by atoms with Crippen LogP contribution in [0.5, 0.6) is 11.5 Å². The van der Waals surface area contributed by atoms with Crippen molar-refractivity contribution in [1.29, 1.82) is 0 Å². The lowest BCUT2D eigenvalue weighted by Gasteiger charge is -2.43. The summed E-state index contributed by atoms with van der Waals surface area (Å²) >= 11 is 0. The number of ether oxygens (including phenoxy) is 3. The number of hydrogen-bond donors (Lipinski definition) is 1. The van der Waals surface area contributed by atoms with E-state index in [4.69, 9.17) is 14.2 Å². The monoisotopic (exact) mass is 293 g/mol. The summed E-state index contributed by atoms with van der Waals surface area (Å²) in [5.74, 6) is 1.64. The summed E-state index contributed by atoms with van der Waals surface area (Å²) < 4.78 is 17.8. The first kappa shape index (κ1) is 16.1. The lowest BCUT2D eigenvalue weighted by atomic mass is 9.85. The second kappa shape index (κ2) is 8.25. The number of benzene rings is 1. The molecule has 1 aliphatic carbocycles. The molecule has 1 saturated carbocycles. The molecule has 1 N–H and O–H groups in total. The molecule has 3 atom stereocenters. The molecule has 0 radical (unpaired) electrons. The summed E-state index contributed by atoms with van der Waals surface area (Å²) in [6.45, 7) is 5.70. The molecule has 118 valence electrons. The summed E-state index contributed by atoms with van der Waals surface area (Å²) in [7, 11) is 1.97. The average Bonchev–Trinajstić information content (AvgIpc) is 2.50. The number of para-hydroxylation sites is 2. The first-order chi connectivity index (χ1) is 10.3. The summed E-state index contributed by atoms with van der Waals surface area (Å²) in [6.07, 6.45) is 3.19. The van der Waals surface area contributed by atoms with Crippen LogP contribution in [0.15, 0.2) is 24.3 Å². The van der Waals surface area contributed by atoms with E-state index >= 15 is 0 Å². The topological polar surface area (TPSA) is 39.7 Å². The van der Waals surface area contributed by atoms with Gasteiger partial charge in [0.15, 0.2) is 11.5 Å². The average molecular weight is 293 g/mol. The molecule has 1 aromatic rings. The molecule has 0 aromatic heterocycles. The molecule has 3 unspecified atom stereocenters. The molecule has 2 rings (SSSR count). The van der Waals surface area contributed by atoms with Gasteiger partial charge in [-0.3, -0.25) is 0 Å². The Morgan fingerprint density at radius 2 is 1.81 bits per heavy atom. The van der Waals surface area contributed by atoms with Gasteiger partial charge in [0.2, 0.25) is 0 Å². The van der Waals surface area contributed by atoms with Crippen LogP contribution in [0, 0.1) is 0 Å². The minimum Gasteiger partial charge on any atom is -0.490 e. The normalized spacial score (nSPS) is 24.4. The van der Waals surface area contributed by atoms with E-state index in [0.717, 1.165) is 37.4 Å². The molecule has 0 saturated heterocycles. The molecule has 0 spiro atoms. The highest BCUT2D eigenvalue weighted by molar-refractivity contribution is 5.39. The van der Waals surface area contributed by atoms with Crippen molar-refractivity contribution in [1.82, 2.24) is 5.32 Å². The van der Waals surface area contributed by atoms with Crippen LogP contribution in [-0.4, -0.2) is 38.5 Å². The fourth-order valence-electron chi connectivity index (χ4n) is 2.50. The van der Waals surface area contributed by atoms with Gasteiger partial charge in [-0.15, -0.1) is 0 Å². The van der Waals surface area contributed by atoms with E-state index in [1.54, 1.807) is 0 Å². The minimum atomic E-state index is 0.0976. The Labute approximate surface area is 127 Å². The minimum absolute atomic E-state index is 0.0976. The maximum Gasteiger partial charge on any atom is 0.161 e. The molecule has 21 heavy (non-hydrogen) atoms. The molecule has 1 fully saturated rings. The molecular formula is C17H27NO3. The second-order valence-electron chi connectivity index (χ2n) is 5.42. The maximum absolute atomic E-state index is 6.13. The zero-order chi connectivity index (χ0) is 15.1. The first-order valence-electron chi connectivity index (χ1n) is 7.97. The van der Waals surface area contributed by atoms with Crippen molar-refractivity contribution < 1.29 is 14.2 Å². The summed E-state index contributed by atoms with van der Waals surface area (Å²) in [4.78, 5) is 0. The maximum atomic E-state index is 6.13. The van der Waals surface area contributed by atoms with E-state index in [1.165, 1.54) is 0 Å². The molecule has 1 aromatic carbocycles. The highest BCUT2D eigenvalue weighted by atomic mass is 16.6. The van der Waals surface area contributed by atoms with E-state index in [-0.39, 0.29) is 12.2 Å². The molecular weight excluding hydrogens is 266 g/mol. The predicted octanol–water partition coefficient (Wildman–Crippen LogP) is 3.01. The molecule has 0 heterocycles. The van der Waals surface area contributed by atoms with Crippen molar-refractivity contribution >= 4 is 0 Å². The number of rotatable bonds is 9. The van der Waals surface area contributed by atoms with E-state index in [0.29, 0.717) is 12.6 Å². The van der Waals surface area contributed by atoms with E-state index in [1.807, 2.05) is 31.3 Å². The number of likely N-dealkylation sites (N-methyl/N-ethyl adjacent to an activating group) is 1. The van der Waals surface area contributed by atoms with Crippen LogP contribution in [0.2, 0.25) is 0 Å². The summed E-state index contributed by atoms with van der Waals surface area (Å²) in [5, 5.41) is 3.29. The van der Waals surface area contributed by atoms with Gasteiger partial charge in [-0.25, -0.2) is 0 Å². The molecule has 0 aliphatic heterocycles. The molecule has 4 heteroatoms. The van der Waals surface area contributed by atoms with Crippen LogP contribution in [0.4, 0.5) is 0 Å². The van der Waals surface area contributed by atoms with Gasteiger partial charge >= 0.3 is 0 Å². The van der Waals surface area contributed by atoms with Crippen molar-refractivity contribution in [2.75, 3.05) is 20.3 Å². The highest BCUT2D eigenvalue weighted by Crippen LogP contribution is 2.34. The molecule has 4 nitrogen and oxygen atoms in total. The molecule has 1 aliphatic rings. The Balaban J connectivity index is 1.97. The Hall–Kier alpha value is -1.26.